The number of ether oxygens (including phenoxy) is 1. The van der Waals surface area contributed by atoms with Crippen molar-refractivity contribution < 1.29 is 17.9 Å². The summed E-state index contributed by atoms with van der Waals surface area (Å²) in [6.07, 6.45) is -4.88. The van der Waals surface area contributed by atoms with Crippen molar-refractivity contribution in [1.29, 1.82) is 0 Å². The highest BCUT2D eigenvalue weighted by atomic mass is 35.5. The van der Waals surface area contributed by atoms with E-state index in [9.17, 15) is 13.2 Å². The van der Waals surface area contributed by atoms with Gasteiger partial charge in [0, 0.05) is 11.1 Å². The molecule has 1 N–H and O–H groups in total. The molecule has 1 aromatic rings. The Morgan fingerprint density at radius 1 is 1.39 bits per heavy atom. The van der Waals surface area contributed by atoms with Gasteiger partial charge in [-0.15, -0.1) is 0 Å². The Morgan fingerprint density at radius 2 is 2.06 bits per heavy atom. The molecule has 0 amide bonds. The van der Waals surface area contributed by atoms with Crippen LogP contribution in [0.15, 0.2) is 18.2 Å². The monoisotopic (exact) mass is 281 g/mol. The fraction of sp³-hybridized carbons (Fsp3) is 0.500. The number of methoxy groups -OCH3 is 1. The summed E-state index contributed by atoms with van der Waals surface area (Å²) in [4.78, 5) is 0. The summed E-state index contributed by atoms with van der Waals surface area (Å²) >= 11 is 5.84. The van der Waals surface area contributed by atoms with Gasteiger partial charge in [0.1, 0.15) is 5.75 Å². The molecule has 1 unspecified atom stereocenters. The number of hydrogen-bond donors (Lipinski definition) is 1. The average molecular weight is 282 g/mol. The van der Waals surface area contributed by atoms with Crippen LogP contribution in [0.3, 0.4) is 0 Å². The topological polar surface area (TPSA) is 21.3 Å². The van der Waals surface area contributed by atoms with Gasteiger partial charge >= 0.3 is 6.18 Å². The zero-order chi connectivity index (χ0) is 13.8. The molecular weight excluding hydrogens is 267 g/mol. The van der Waals surface area contributed by atoms with E-state index in [4.69, 9.17) is 16.3 Å². The first-order valence-electron chi connectivity index (χ1n) is 5.42. The molecule has 0 aliphatic carbocycles. The second-order valence-electron chi connectivity index (χ2n) is 3.97. The van der Waals surface area contributed by atoms with Crippen LogP contribution in [0.1, 0.15) is 12.0 Å². The Balaban J connectivity index is 2.84. The minimum atomic E-state index is -4.19. The first kappa shape index (κ1) is 15.1. The maximum atomic E-state index is 12.4. The van der Waals surface area contributed by atoms with E-state index in [1.165, 1.54) is 14.2 Å². The van der Waals surface area contributed by atoms with E-state index in [0.717, 1.165) is 0 Å². The molecule has 102 valence electrons. The largest absolute Gasteiger partial charge is 0.496 e. The van der Waals surface area contributed by atoms with E-state index in [1.54, 1.807) is 18.2 Å². The summed E-state index contributed by atoms with van der Waals surface area (Å²) in [5, 5.41) is 3.14. The molecule has 0 saturated carbocycles. The predicted octanol–water partition coefficient (Wildman–Crippen LogP) is 3.43. The van der Waals surface area contributed by atoms with Crippen LogP contribution in [0.4, 0.5) is 13.2 Å². The van der Waals surface area contributed by atoms with Gasteiger partial charge in [0.15, 0.2) is 0 Å². The molecular formula is C12H15ClF3NO. The zero-order valence-corrected chi connectivity index (χ0v) is 10.9. The summed E-state index contributed by atoms with van der Waals surface area (Å²) in [6, 6.07) is 4.22. The smallest absolute Gasteiger partial charge is 0.390 e. The molecule has 0 heterocycles. The Hall–Kier alpha value is -0.940. The number of nitrogens with one attached hydrogen (secondary N) is 1. The third-order valence-electron chi connectivity index (χ3n) is 2.59. The number of halogens is 4. The first-order chi connectivity index (χ1) is 8.35. The van der Waals surface area contributed by atoms with Crippen LogP contribution in [0.2, 0.25) is 5.02 Å². The molecule has 0 fully saturated rings. The lowest BCUT2D eigenvalue weighted by molar-refractivity contribution is -0.139. The Kier molecular flexibility index (Phi) is 5.28. The molecule has 0 bridgehead atoms. The van der Waals surface area contributed by atoms with E-state index < -0.39 is 18.6 Å². The van der Waals surface area contributed by atoms with Crippen molar-refractivity contribution in [2.75, 3.05) is 14.2 Å². The molecule has 6 heteroatoms. The van der Waals surface area contributed by atoms with E-state index >= 15 is 0 Å². The Bertz CT molecular complexity index is 395. The first-order valence-corrected chi connectivity index (χ1v) is 5.80. The number of rotatable bonds is 5. The highest BCUT2D eigenvalue weighted by molar-refractivity contribution is 6.30. The molecule has 0 aliphatic rings. The van der Waals surface area contributed by atoms with Gasteiger partial charge in [0.05, 0.1) is 13.5 Å². The van der Waals surface area contributed by atoms with Gasteiger partial charge in [0.25, 0.3) is 0 Å². The van der Waals surface area contributed by atoms with Crippen molar-refractivity contribution in [2.45, 2.75) is 25.1 Å². The van der Waals surface area contributed by atoms with Crippen LogP contribution in [-0.4, -0.2) is 26.4 Å². The maximum Gasteiger partial charge on any atom is 0.390 e. The van der Waals surface area contributed by atoms with Gasteiger partial charge in [-0.05, 0) is 37.2 Å². The molecule has 2 nitrogen and oxygen atoms in total. The quantitative estimate of drug-likeness (QED) is 0.893. The molecule has 0 spiro atoms. The van der Waals surface area contributed by atoms with Crippen molar-refractivity contribution in [3.8, 4) is 5.75 Å². The van der Waals surface area contributed by atoms with Crippen LogP contribution in [0.5, 0.6) is 5.75 Å². The van der Waals surface area contributed by atoms with Crippen LogP contribution in [-0.2, 0) is 6.42 Å². The van der Waals surface area contributed by atoms with Crippen LogP contribution < -0.4 is 10.1 Å². The maximum absolute atomic E-state index is 12.4. The second-order valence-corrected chi connectivity index (χ2v) is 4.40. The van der Waals surface area contributed by atoms with E-state index in [2.05, 4.69) is 5.32 Å². The number of alkyl halides is 3. The average Bonchev–Trinajstić information content (AvgIpc) is 2.26. The summed E-state index contributed by atoms with van der Waals surface area (Å²) < 4.78 is 42.2. The zero-order valence-electron chi connectivity index (χ0n) is 10.1. The van der Waals surface area contributed by atoms with Crippen molar-refractivity contribution >= 4 is 11.6 Å². The minimum Gasteiger partial charge on any atom is -0.496 e. The molecule has 0 aromatic heterocycles. The molecule has 1 rings (SSSR count). The highest BCUT2D eigenvalue weighted by Crippen LogP contribution is 2.27. The predicted molar refractivity (Wildman–Crippen MR) is 65.2 cm³/mol. The lowest BCUT2D eigenvalue weighted by Gasteiger charge is -2.19. The van der Waals surface area contributed by atoms with Crippen molar-refractivity contribution in [3.63, 3.8) is 0 Å². The number of benzene rings is 1. The lowest BCUT2D eigenvalue weighted by atomic mass is 10.0. The summed E-state index contributed by atoms with van der Waals surface area (Å²) in [5.74, 6) is 0.543. The van der Waals surface area contributed by atoms with Gasteiger partial charge in [-0.3, -0.25) is 0 Å². The van der Waals surface area contributed by atoms with Crippen LogP contribution in [0, 0.1) is 0 Å². The fourth-order valence-electron chi connectivity index (χ4n) is 1.73. The molecule has 18 heavy (non-hydrogen) atoms. The molecule has 1 aromatic carbocycles. The third kappa shape index (κ3) is 4.74. The molecule has 0 radical (unpaired) electrons. The summed E-state index contributed by atoms with van der Waals surface area (Å²) in [5.41, 5.74) is 0.661. The van der Waals surface area contributed by atoms with Crippen LogP contribution >= 0.6 is 11.6 Å². The molecule has 0 aliphatic heterocycles. The number of likely N-dealkylation sites (N-methyl/N-ethyl adjacent to an activating group) is 1. The van der Waals surface area contributed by atoms with Gasteiger partial charge < -0.3 is 10.1 Å². The van der Waals surface area contributed by atoms with Gasteiger partial charge in [-0.25, -0.2) is 0 Å². The molecule has 1 atom stereocenters. The van der Waals surface area contributed by atoms with Gasteiger partial charge in [-0.1, -0.05) is 11.6 Å². The highest BCUT2D eigenvalue weighted by Gasteiger charge is 2.31. The van der Waals surface area contributed by atoms with E-state index in [1.807, 2.05) is 0 Å². The Morgan fingerprint density at radius 3 is 2.56 bits per heavy atom. The van der Waals surface area contributed by atoms with Gasteiger partial charge in [-0.2, -0.15) is 13.2 Å². The number of hydrogen-bond acceptors (Lipinski definition) is 2. The van der Waals surface area contributed by atoms with Gasteiger partial charge in [0.2, 0.25) is 0 Å². The van der Waals surface area contributed by atoms with Crippen molar-refractivity contribution in [1.82, 2.24) is 5.32 Å². The van der Waals surface area contributed by atoms with Crippen molar-refractivity contribution in [2.24, 2.45) is 0 Å². The van der Waals surface area contributed by atoms with E-state index in [0.29, 0.717) is 16.3 Å². The second kappa shape index (κ2) is 6.29. The minimum absolute atomic E-state index is 0.208. The van der Waals surface area contributed by atoms with E-state index in [-0.39, 0.29) is 6.42 Å². The third-order valence-corrected chi connectivity index (χ3v) is 2.83. The Labute approximate surface area is 109 Å². The summed E-state index contributed by atoms with van der Waals surface area (Å²) in [6.45, 7) is 0. The van der Waals surface area contributed by atoms with Crippen molar-refractivity contribution in [3.05, 3.63) is 28.8 Å². The fourth-order valence-corrected chi connectivity index (χ4v) is 1.92. The molecule has 0 saturated heterocycles. The normalized spacial score (nSPS) is 13.4. The lowest BCUT2D eigenvalue weighted by Crippen LogP contribution is -2.33. The van der Waals surface area contributed by atoms with Crippen LogP contribution in [0.25, 0.3) is 0 Å². The standard InChI is InChI=1S/C12H15ClF3NO/c1-17-10(7-12(14,15)16)6-8-5-9(13)3-4-11(8)18-2/h3-5,10,17H,6-7H2,1-2H3. The SMILES string of the molecule is CNC(Cc1cc(Cl)ccc1OC)CC(F)(F)F. The summed E-state index contributed by atoms with van der Waals surface area (Å²) in [7, 11) is 2.98.